The summed E-state index contributed by atoms with van der Waals surface area (Å²) in [5, 5.41) is 5.61. The van der Waals surface area contributed by atoms with Gasteiger partial charge in [-0.3, -0.25) is 10.1 Å². The first-order chi connectivity index (χ1) is 16.5. The molecular weight excluding hydrogens is 550 g/mol. The first-order valence-electron chi connectivity index (χ1n) is 11.6. The predicted molar refractivity (Wildman–Crippen MR) is 146 cm³/mol. The summed E-state index contributed by atoms with van der Waals surface area (Å²) in [6, 6.07) is 10.3. The van der Waals surface area contributed by atoms with Gasteiger partial charge in [0.15, 0.2) is 11.7 Å². The van der Waals surface area contributed by atoms with E-state index in [1.165, 1.54) is 4.31 Å². The molecule has 1 heterocycles. The molecule has 0 aliphatic carbocycles. The lowest BCUT2D eigenvalue weighted by Gasteiger charge is -2.29. The van der Waals surface area contributed by atoms with Crippen molar-refractivity contribution in [1.82, 2.24) is 9.62 Å². The highest BCUT2D eigenvalue weighted by Crippen LogP contribution is 2.32. The van der Waals surface area contributed by atoms with Gasteiger partial charge in [-0.1, -0.05) is 36.7 Å². The van der Waals surface area contributed by atoms with Crippen LogP contribution in [0.1, 0.15) is 50.7 Å². The third kappa shape index (κ3) is 7.25. The Bertz CT molecular complexity index is 1180. The van der Waals surface area contributed by atoms with Crippen LogP contribution in [0.15, 0.2) is 45.8 Å². The number of rotatable bonds is 7. The molecule has 7 nitrogen and oxygen atoms in total. The lowest BCUT2D eigenvalue weighted by atomic mass is 10.0. The SMILES string of the molecule is Cc1cc(OCC(=O)NC(=S)Nc2ccc(S(=O)(=O)N3CCC(C)CC3)cc2)c(C(C)C)cc1Br. The fraction of sp³-hybridized carbons (Fsp3) is 0.440. The summed E-state index contributed by atoms with van der Waals surface area (Å²) in [5.74, 6) is 1.05. The minimum absolute atomic E-state index is 0.107. The van der Waals surface area contributed by atoms with E-state index < -0.39 is 15.9 Å². The van der Waals surface area contributed by atoms with Crippen LogP contribution in [0.5, 0.6) is 5.75 Å². The Labute approximate surface area is 221 Å². The summed E-state index contributed by atoms with van der Waals surface area (Å²) in [7, 11) is -3.52. The van der Waals surface area contributed by atoms with E-state index in [0.717, 1.165) is 28.4 Å². The van der Waals surface area contributed by atoms with Gasteiger partial charge in [0.2, 0.25) is 10.0 Å². The molecule has 0 spiro atoms. The number of nitrogens with zero attached hydrogens (tertiary/aromatic N) is 1. The third-order valence-electron chi connectivity index (χ3n) is 6.02. The summed E-state index contributed by atoms with van der Waals surface area (Å²) in [4.78, 5) is 12.6. The quantitative estimate of drug-likeness (QED) is 0.437. The summed E-state index contributed by atoms with van der Waals surface area (Å²) in [6.07, 6.45) is 1.74. The lowest BCUT2D eigenvalue weighted by molar-refractivity contribution is -0.121. The van der Waals surface area contributed by atoms with E-state index in [1.54, 1.807) is 24.3 Å². The number of aryl methyl sites for hydroxylation is 1. The summed E-state index contributed by atoms with van der Waals surface area (Å²) >= 11 is 8.77. The number of benzene rings is 2. The fourth-order valence-electron chi connectivity index (χ4n) is 3.80. The van der Waals surface area contributed by atoms with Gasteiger partial charge in [-0.05, 0) is 91.3 Å². The molecule has 0 atom stereocenters. The van der Waals surface area contributed by atoms with Crippen molar-refractivity contribution in [2.45, 2.75) is 51.3 Å². The van der Waals surface area contributed by atoms with Crippen molar-refractivity contribution in [2.75, 3.05) is 25.0 Å². The molecule has 2 aromatic rings. The van der Waals surface area contributed by atoms with Crippen LogP contribution in [-0.4, -0.2) is 43.4 Å². The Kier molecular flexibility index (Phi) is 9.31. The smallest absolute Gasteiger partial charge is 0.264 e. The van der Waals surface area contributed by atoms with Gasteiger partial charge in [0.05, 0.1) is 4.90 Å². The van der Waals surface area contributed by atoms with Crippen LogP contribution < -0.4 is 15.4 Å². The Morgan fingerprint density at radius 1 is 1.20 bits per heavy atom. The number of thiocarbonyl (C=S) groups is 1. The molecule has 0 saturated carbocycles. The molecule has 2 N–H and O–H groups in total. The molecule has 190 valence electrons. The molecule has 1 fully saturated rings. The van der Waals surface area contributed by atoms with Crippen molar-refractivity contribution in [3.05, 3.63) is 52.0 Å². The predicted octanol–water partition coefficient (Wildman–Crippen LogP) is 5.19. The lowest BCUT2D eigenvalue weighted by Crippen LogP contribution is -2.38. The highest BCUT2D eigenvalue weighted by atomic mass is 79.9. The van der Waals surface area contributed by atoms with Crippen molar-refractivity contribution < 1.29 is 17.9 Å². The second kappa shape index (κ2) is 11.8. The molecule has 1 amide bonds. The second-order valence-corrected chi connectivity index (χ2v) is 12.4. The van der Waals surface area contributed by atoms with E-state index >= 15 is 0 Å². The molecule has 0 bridgehead atoms. The summed E-state index contributed by atoms with van der Waals surface area (Å²) < 4.78 is 34.1. The van der Waals surface area contributed by atoms with Gasteiger partial charge >= 0.3 is 0 Å². The number of nitrogens with one attached hydrogen (secondary N) is 2. The van der Waals surface area contributed by atoms with Crippen molar-refractivity contribution in [1.29, 1.82) is 0 Å². The maximum Gasteiger partial charge on any atom is 0.264 e. The van der Waals surface area contributed by atoms with Gasteiger partial charge in [-0.15, -0.1) is 0 Å². The maximum atomic E-state index is 12.9. The van der Waals surface area contributed by atoms with Crippen LogP contribution in [0.4, 0.5) is 5.69 Å². The van der Waals surface area contributed by atoms with E-state index in [2.05, 4.69) is 47.3 Å². The normalized spacial score (nSPS) is 15.1. The fourth-order valence-corrected chi connectivity index (χ4v) is 5.86. The van der Waals surface area contributed by atoms with E-state index in [0.29, 0.717) is 30.4 Å². The number of amides is 1. The number of carbonyl (C=O) groups is 1. The van der Waals surface area contributed by atoms with Gasteiger partial charge in [-0.25, -0.2) is 8.42 Å². The monoisotopic (exact) mass is 581 g/mol. The molecular formula is C25H32BrN3O4S2. The maximum absolute atomic E-state index is 12.9. The van der Waals surface area contributed by atoms with Crippen LogP contribution >= 0.6 is 28.1 Å². The Hall–Kier alpha value is -2.01. The minimum atomic E-state index is -3.52. The van der Waals surface area contributed by atoms with Gasteiger partial charge in [-0.2, -0.15) is 4.31 Å². The van der Waals surface area contributed by atoms with Crippen LogP contribution in [-0.2, 0) is 14.8 Å². The van der Waals surface area contributed by atoms with Gasteiger partial charge in [0.25, 0.3) is 5.91 Å². The topological polar surface area (TPSA) is 87.7 Å². The van der Waals surface area contributed by atoms with E-state index in [-0.39, 0.29) is 22.5 Å². The molecule has 0 aromatic heterocycles. The third-order valence-corrected chi connectivity index (χ3v) is 8.99. The van der Waals surface area contributed by atoms with E-state index in [4.69, 9.17) is 17.0 Å². The second-order valence-electron chi connectivity index (χ2n) is 9.20. The van der Waals surface area contributed by atoms with Crippen molar-refractivity contribution in [3.63, 3.8) is 0 Å². The van der Waals surface area contributed by atoms with Crippen molar-refractivity contribution in [3.8, 4) is 5.75 Å². The van der Waals surface area contributed by atoms with E-state index in [9.17, 15) is 13.2 Å². The molecule has 2 aromatic carbocycles. The first kappa shape index (κ1) is 27.6. The van der Waals surface area contributed by atoms with Crippen LogP contribution in [0, 0.1) is 12.8 Å². The number of anilines is 1. The average Bonchev–Trinajstić information content (AvgIpc) is 2.80. The number of halogens is 1. The standard InChI is InChI=1S/C25H32BrN3O4S2/c1-16(2)21-14-22(26)18(4)13-23(21)33-15-24(30)28-25(34)27-19-5-7-20(8-6-19)35(31,32)29-11-9-17(3)10-12-29/h5-8,13-14,16-17H,9-12,15H2,1-4H3,(H2,27,28,30,34). The van der Waals surface area contributed by atoms with Crippen LogP contribution in [0.25, 0.3) is 0 Å². The Morgan fingerprint density at radius 3 is 2.43 bits per heavy atom. The number of hydrogen-bond donors (Lipinski definition) is 2. The number of sulfonamides is 1. The summed E-state index contributed by atoms with van der Waals surface area (Å²) in [5.41, 5.74) is 2.60. The highest BCUT2D eigenvalue weighted by molar-refractivity contribution is 9.10. The number of carbonyl (C=O) groups excluding carboxylic acids is 1. The molecule has 0 radical (unpaired) electrons. The molecule has 1 saturated heterocycles. The molecule has 1 aliphatic rings. The zero-order valence-electron chi connectivity index (χ0n) is 20.4. The molecule has 1 aliphatic heterocycles. The van der Waals surface area contributed by atoms with E-state index in [1.807, 2.05) is 19.1 Å². The zero-order valence-corrected chi connectivity index (χ0v) is 23.6. The van der Waals surface area contributed by atoms with Crippen molar-refractivity contribution in [2.24, 2.45) is 5.92 Å². The summed E-state index contributed by atoms with van der Waals surface area (Å²) in [6.45, 7) is 9.13. The molecule has 0 unspecified atom stereocenters. The Morgan fingerprint density at radius 2 is 1.83 bits per heavy atom. The minimum Gasteiger partial charge on any atom is -0.483 e. The van der Waals surface area contributed by atoms with Gasteiger partial charge < -0.3 is 10.1 Å². The molecule has 3 rings (SSSR count). The molecule has 10 heteroatoms. The average molecular weight is 583 g/mol. The number of ether oxygens (including phenoxy) is 1. The van der Waals surface area contributed by atoms with Crippen molar-refractivity contribution >= 4 is 54.9 Å². The number of hydrogen-bond acceptors (Lipinski definition) is 5. The van der Waals surface area contributed by atoms with Gasteiger partial charge in [0.1, 0.15) is 5.75 Å². The Balaban J connectivity index is 1.54. The molecule has 35 heavy (non-hydrogen) atoms. The number of piperidine rings is 1. The van der Waals surface area contributed by atoms with Crippen LogP contribution in [0.3, 0.4) is 0 Å². The largest absolute Gasteiger partial charge is 0.483 e. The van der Waals surface area contributed by atoms with Crippen LogP contribution in [0.2, 0.25) is 0 Å². The highest BCUT2D eigenvalue weighted by Gasteiger charge is 2.27. The zero-order chi connectivity index (χ0) is 25.8. The van der Waals surface area contributed by atoms with Gasteiger partial charge in [0, 0.05) is 23.2 Å². The first-order valence-corrected chi connectivity index (χ1v) is 14.3.